The zero-order valence-corrected chi connectivity index (χ0v) is 15.0. The molecule has 20 heavy (non-hydrogen) atoms. The Balaban J connectivity index is 2.90. The van der Waals surface area contributed by atoms with Gasteiger partial charge in [0.15, 0.2) is 0 Å². The summed E-state index contributed by atoms with van der Waals surface area (Å²) >= 11 is 1.56. The zero-order valence-electron chi connectivity index (χ0n) is 14.2. The second-order valence-corrected chi connectivity index (χ2v) is 8.63. The molecular formula is C16H31N3S. The highest BCUT2D eigenvalue weighted by Crippen LogP contribution is 2.34. The van der Waals surface area contributed by atoms with Gasteiger partial charge < -0.3 is 5.32 Å². The van der Waals surface area contributed by atoms with Gasteiger partial charge in [0, 0.05) is 11.5 Å². The van der Waals surface area contributed by atoms with Crippen LogP contribution in [0.3, 0.4) is 0 Å². The fourth-order valence-corrected chi connectivity index (χ4v) is 3.14. The van der Waals surface area contributed by atoms with Crippen LogP contribution in [0.4, 0.5) is 0 Å². The molecule has 0 fully saturated rings. The summed E-state index contributed by atoms with van der Waals surface area (Å²) in [4.78, 5) is 1.33. The Bertz CT molecular complexity index is 399. The van der Waals surface area contributed by atoms with Crippen LogP contribution in [-0.4, -0.2) is 16.1 Å². The minimum absolute atomic E-state index is 0.0657. The molecule has 116 valence electrons. The monoisotopic (exact) mass is 297 g/mol. The van der Waals surface area contributed by atoms with Crippen LogP contribution < -0.4 is 5.32 Å². The van der Waals surface area contributed by atoms with Crippen molar-refractivity contribution in [2.75, 3.05) is 6.54 Å². The van der Waals surface area contributed by atoms with Crippen LogP contribution in [0.5, 0.6) is 0 Å². The predicted molar refractivity (Wildman–Crippen MR) is 88.3 cm³/mol. The van der Waals surface area contributed by atoms with Crippen molar-refractivity contribution in [1.29, 1.82) is 0 Å². The number of aromatic nitrogens is 2. The van der Waals surface area contributed by atoms with Gasteiger partial charge in [-0.05, 0) is 42.8 Å². The molecule has 1 atom stereocenters. The molecule has 0 amide bonds. The topological polar surface area (TPSA) is 37.8 Å². The maximum absolute atomic E-state index is 4.39. The highest BCUT2D eigenvalue weighted by atomic mass is 32.1. The van der Waals surface area contributed by atoms with E-state index in [-0.39, 0.29) is 5.41 Å². The van der Waals surface area contributed by atoms with Gasteiger partial charge in [-0.15, -0.1) is 5.10 Å². The largest absolute Gasteiger partial charge is 0.309 e. The van der Waals surface area contributed by atoms with Crippen LogP contribution >= 0.6 is 11.5 Å². The number of nitrogens with one attached hydrogen (secondary N) is 1. The maximum atomic E-state index is 4.39. The Kier molecular flexibility index (Phi) is 6.14. The van der Waals surface area contributed by atoms with Gasteiger partial charge in [-0.1, -0.05) is 53.0 Å². The van der Waals surface area contributed by atoms with E-state index in [2.05, 4.69) is 63.4 Å². The van der Waals surface area contributed by atoms with Crippen molar-refractivity contribution in [1.82, 2.24) is 14.9 Å². The highest BCUT2D eigenvalue weighted by molar-refractivity contribution is 7.05. The molecule has 1 aromatic rings. The van der Waals surface area contributed by atoms with Crippen LogP contribution in [0.1, 0.15) is 84.3 Å². The summed E-state index contributed by atoms with van der Waals surface area (Å²) in [6.45, 7) is 16.8. The van der Waals surface area contributed by atoms with Gasteiger partial charge in [-0.3, -0.25) is 0 Å². The normalized spacial score (nSPS) is 14.6. The third kappa shape index (κ3) is 5.49. The van der Waals surface area contributed by atoms with Crippen molar-refractivity contribution in [2.24, 2.45) is 5.41 Å². The average Bonchev–Trinajstić information content (AvgIpc) is 2.76. The third-order valence-electron chi connectivity index (χ3n) is 3.36. The summed E-state index contributed by atoms with van der Waals surface area (Å²) in [5.74, 6) is 0. The van der Waals surface area contributed by atoms with Crippen molar-refractivity contribution < 1.29 is 0 Å². The second kappa shape index (κ2) is 6.99. The molecule has 0 aliphatic heterocycles. The molecule has 0 aliphatic rings. The summed E-state index contributed by atoms with van der Waals surface area (Å²) in [6, 6.07) is 0.392. The van der Waals surface area contributed by atoms with Crippen LogP contribution in [0.15, 0.2) is 0 Å². The molecule has 0 radical (unpaired) electrons. The zero-order chi connectivity index (χ0) is 15.4. The Morgan fingerprint density at radius 3 is 2.30 bits per heavy atom. The first-order valence-corrected chi connectivity index (χ1v) is 8.48. The second-order valence-electron chi connectivity index (χ2n) is 7.84. The Labute approximate surface area is 128 Å². The summed E-state index contributed by atoms with van der Waals surface area (Å²) < 4.78 is 4.21. The summed E-state index contributed by atoms with van der Waals surface area (Å²) in [5.41, 5.74) is 1.59. The quantitative estimate of drug-likeness (QED) is 0.827. The van der Waals surface area contributed by atoms with Gasteiger partial charge in [0.25, 0.3) is 0 Å². The molecule has 0 bridgehead atoms. The van der Waals surface area contributed by atoms with E-state index in [4.69, 9.17) is 0 Å². The number of hydrogen-bond donors (Lipinski definition) is 1. The molecule has 4 heteroatoms. The molecule has 0 aliphatic carbocycles. The first kappa shape index (κ1) is 17.6. The third-order valence-corrected chi connectivity index (χ3v) is 4.20. The smallest absolute Gasteiger partial charge is 0.0857 e. The van der Waals surface area contributed by atoms with E-state index in [0.717, 1.165) is 25.1 Å². The molecular weight excluding hydrogens is 266 g/mol. The van der Waals surface area contributed by atoms with E-state index in [1.807, 2.05) is 0 Å². The van der Waals surface area contributed by atoms with Crippen molar-refractivity contribution in [3.8, 4) is 0 Å². The molecule has 1 aromatic heterocycles. The predicted octanol–water partition coefficient (Wildman–Crippen LogP) is 4.70. The van der Waals surface area contributed by atoms with E-state index in [1.165, 1.54) is 11.3 Å². The van der Waals surface area contributed by atoms with Crippen molar-refractivity contribution in [2.45, 2.75) is 79.2 Å². The van der Waals surface area contributed by atoms with Gasteiger partial charge >= 0.3 is 0 Å². The first-order chi connectivity index (χ1) is 9.15. The Morgan fingerprint density at radius 2 is 1.80 bits per heavy atom. The Hall–Kier alpha value is -0.480. The van der Waals surface area contributed by atoms with Crippen molar-refractivity contribution >= 4 is 11.5 Å². The maximum Gasteiger partial charge on any atom is 0.0857 e. The fraction of sp³-hybridized carbons (Fsp3) is 0.875. The van der Waals surface area contributed by atoms with Crippen LogP contribution in [0.2, 0.25) is 0 Å². The highest BCUT2D eigenvalue weighted by Gasteiger charge is 2.27. The van der Waals surface area contributed by atoms with Crippen molar-refractivity contribution in [3.05, 3.63) is 10.6 Å². The lowest BCUT2D eigenvalue weighted by Gasteiger charge is -2.26. The van der Waals surface area contributed by atoms with Crippen LogP contribution in [0.25, 0.3) is 0 Å². The summed E-state index contributed by atoms with van der Waals surface area (Å²) in [7, 11) is 0. The number of nitrogens with zero attached hydrogens (tertiary/aromatic N) is 2. The van der Waals surface area contributed by atoms with E-state index in [9.17, 15) is 0 Å². The molecule has 1 heterocycles. The van der Waals surface area contributed by atoms with Gasteiger partial charge in [0.05, 0.1) is 10.6 Å². The average molecular weight is 298 g/mol. The standard InChI is InChI=1S/C16H31N3S/c1-8-11-17-12(9-10-15(2,3)4)13-14(16(5,6)7)18-19-20-13/h12,17H,8-11H2,1-7H3. The van der Waals surface area contributed by atoms with Crippen molar-refractivity contribution in [3.63, 3.8) is 0 Å². The molecule has 3 nitrogen and oxygen atoms in total. The van der Waals surface area contributed by atoms with E-state index >= 15 is 0 Å². The molecule has 0 aromatic carbocycles. The first-order valence-electron chi connectivity index (χ1n) is 7.71. The lowest BCUT2D eigenvalue weighted by molar-refractivity contribution is 0.332. The summed E-state index contributed by atoms with van der Waals surface area (Å²) in [5, 5.41) is 8.08. The molecule has 1 N–H and O–H groups in total. The van der Waals surface area contributed by atoms with Gasteiger partial charge in [-0.25, -0.2) is 0 Å². The minimum Gasteiger partial charge on any atom is -0.309 e. The van der Waals surface area contributed by atoms with Gasteiger partial charge in [0.1, 0.15) is 0 Å². The van der Waals surface area contributed by atoms with Gasteiger partial charge in [0.2, 0.25) is 0 Å². The van der Waals surface area contributed by atoms with Gasteiger partial charge in [-0.2, -0.15) is 0 Å². The van der Waals surface area contributed by atoms with Crippen LogP contribution in [0, 0.1) is 5.41 Å². The molecule has 0 spiro atoms. The number of rotatable bonds is 6. The van der Waals surface area contributed by atoms with Crippen LogP contribution in [-0.2, 0) is 5.41 Å². The fourth-order valence-electron chi connectivity index (χ4n) is 2.17. The molecule has 1 unspecified atom stereocenters. The molecule has 0 saturated carbocycles. The molecule has 0 saturated heterocycles. The minimum atomic E-state index is 0.0657. The summed E-state index contributed by atoms with van der Waals surface area (Å²) in [6.07, 6.45) is 3.51. The molecule has 1 rings (SSSR count). The number of hydrogen-bond acceptors (Lipinski definition) is 4. The Morgan fingerprint density at radius 1 is 1.15 bits per heavy atom. The lowest BCUT2D eigenvalue weighted by Crippen LogP contribution is -2.26. The van der Waals surface area contributed by atoms with E-state index < -0.39 is 0 Å². The lowest BCUT2D eigenvalue weighted by atomic mass is 9.85. The van der Waals surface area contributed by atoms with E-state index in [0.29, 0.717) is 11.5 Å². The SMILES string of the molecule is CCCNC(CCC(C)(C)C)c1snnc1C(C)(C)C. The van der Waals surface area contributed by atoms with E-state index in [1.54, 1.807) is 11.5 Å².